The van der Waals surface area contributed by atoms with Gasteiger partial charge in [0.15, 0.2) is 0 Å². The van der Waals surface area contributed by atoms with Crippen molar-refractivity contribution in [2.24, 2.45) is 0 Å². The lowest BCUT2D eigenvalue weighted by Crippen LogP contribution is -2.35. The van der Waals surface area contributed by atoms with Crippen LogP contribution in [-0.2, 0) is 10.5 Å². The number of hydrogen-bond acceptors (Lipinski definition) is 3. The van der Waals surface area contributed by atoms with E-state index in [0.29, 0.717) is 12.3 Å². The van der Waals surface area contributed by atoms with Crippen LogP contribution < -0.4 is 5.32 Å². The van der Waals surface area contributed by atoms with Crippen LogP contribution in [0, 0.1) is 6.92 Å². The quantitative estimate of drug-likeness (QED) is 0.795. The average molecular weight is 343 g/mol. The van der Waals surface area contributed by atoms with Gasteiger partial charge in [0, 0.05) is 12.3 Å². The molecular weight excluding hydrogens is 316 g/mol. The Labute approximate surface area is 149 Å². The molecule has 2 rings (SSSR count). The van der Waals surface area contributed by atoms with Crippen LogP contribution in [0.2, 0.25) is 0 Å². The first-order valence-electron chi connectivity index (χ1n) is 8.17. The second-order valence-corrected chi connectivity index (χ2v) is 7.16. The Kier molecular flexibility index (Phi) is 7.35. The number of aryl methyl sites for hydroxylation is 1. The molecule has 0 aromatic heterocycles. The second-order valence-electron chi connectivity index (χ2n) is 6.18. The molecule has 0 bridgehead atoms. The van der Waals surface area contributed by atoms with Crippen LogP contribution >= 0.6 is 11.8 Å². The van der Waals surface area contributed by atoms with Crippen LogP contribution in [0.3, 0.4) is 0 Å². The van der Waals surface area contributed by atoms with Gasteiger partial charge in [0.1, 0.15) is 0 Å². The fourth-order valence-electron chi connectivity index (χ4n) is 2.60. The summed E-state index contributed by atoms with van der Waals surface area (Å²) in [5, 5.41) is 3.06. The molecule has 0 saturated carbocycles. The van der Waals surface area contributed by atoms with Gasteiger partial charge in [0.05, 0.1) is 11.8 Å². The van der Waals surface area contributed by atoms with Crippen LogP contribution in [-0.4, -0.2) is 37.2 Å². The monoisotopic (exact) mass is 342 g/mol. The molecule has 3 nitrogen and oxygen atoms in total. The number of likely N-dealkylation sites (N-methyl/N-ethyl adjacent to an activating group) is 1. The second kappa shape index (κ2) is 9.50. The molecule has 128 valence electrons. The summed E-state index contributed by atoms with van der Waals surface area (Å²) in [5.74, 6) is 1.45. The zero-order chi connectivity index (χ0) is 17.4. The molecule has 24 heavy (non-hydrogen) atoms. The molecule has 0 radical (unpaired) electrons. The minimum Gasteiger partial charge on any atom is -0.353 e. The third kappa shape index (κ3) is 6.02. The van der Waals surface area contributed by atoms with E-state index in [1.165, 1.54) is 16.7 Å². The molecule has 0 fully saturated rings. The van der Waals surface area contributed by atoms with Crippen LogP contribution in [0.15, 0.2) is 54.6 Å². The Morgan fingerprint density at radius 1 is 1.12 bits per heavy atom. The summed E-state index contributed by atoms with van der Waals surface area (Å²) in [5.41, 5.74) is 3.74. The first-order chi connectivity index (χ1) is 11.6. The molecular formula is C20H26N2OS. The van der Waals surface area contributed by atoms with E-state index in [9.17, 15) is 4.79 Å². The zero-order valence-electron chi connectivity index (χ0n) is 14.7. The number of benzene rings is 2. The number of carbonyl (C=O) groups is 1. The van der Waals surface area contributed by atoms with Gasteiger partial charge in [-0.15, -0.1) is 11.8 Å². The lowest BCUT2D eigenvalue weighted by Gasteiger charge is -2.25. The normalized spacial score (nSPS) is 12.2. The van der Waals surface area contributed by atoms with E-state index in [1.54, 1.807) is 11.8 Å². The maximum Gasteiger partial charge on any atom is 0.230 e. The highest BCUT2D eigenvalue weighted by Gasteiger charge is 2.14. The summed E-state index contributed by atoms with van der Waals surface area (Å²) in [7, 11) is 4.08. The third-order valence-electron chi connectivity index (χ3n) is 3.88. The van der Waals surface area contributed by atoms with Crippen molar-refractivity contribution in [2.45, 2.75) is 18.7 Å². The van der Waals surface area contributed by atoms with Crippen molar-refractivity contribution < 1.29 is 4.79 Å². The van der Waals surface area contributed by atoms with Gasteiger partial charge in [-0.1, -0.05) is 60.2 Å². The van der Waals surface area contributed by atoms with Gasteiger partial charge in [-0.3, -0.25) is 4.79 Å². The van der Waals surface area contributed by atoms with Crippen LogP contribution in [0.4, 0.5) is 0 Å². The lowest BCUT2D eigenvalue weighted by molar-refractivity contribution is -0.118. The van der Waals surface area contributed by atoms with Crippen molar-refractivity contribution >= 4 is 17.7 Å². The SMILES string of the molecule is Cc1cccc(CSCC(=O)NC[C@@H](c2ccccc2)N(C)C)c1. The summed E-state index contributed by atoms with van der Waals surface area (Å²) >= 11 is 1.65. The molecule has 1 amide bonds. The highest BCUT2D eigenvalue weighted by Crippen LogP contribution is 2.17. The van der Waals surface area contributed by atoms with Crippen LogP contribution in [0.5, 0.6) is 0 Å². The van der Waals surface area contributed by atoms with Crippen molar-refractivity contribution in [1.29, 1.82) is 0 Å². The zero-order valence-corrected chi connectivity index (χ0v) is 15.5. The smallest absolute Gasteiger partial charge is 0.230 e. The van der Waals surface area contributed by atoms with Gasteiger partial charge in [-0.25, -0.2) is 0 Å². The van der Waals surface area contributed by atoms with Crippen LogP contribution in [0.1, 0.15) is 22.7 Å². The molecule has 0 unspecified atom stereocenters. The number of hydrogen-bond donors (Lipinski definition) is 1. The van der Waals surface area contributed by atoms with E-state index in [1.807, 2.05) is 32.3 Å². The van der Waals surface area contributed by atoms with Gasteiger partial charge in [0.2, 0.25) is 5.91 Å². The fourth-order valence-corrected chi connectivity index (χ4v) is 3.40. The standard InChI is InChI=1S/C20H26N2OS/c1-16-8-7-9-17(12-16)14-24-15-20(23)21-13-19(22(2)3)18-10-5-4-6-11-18/h4-12,19H,13-15H2,1-3H3,(H,21,23)/t19-/m0/s1. The Bertz CT molecular complexity index is 643. The molecule has 0 saturated heterocycles. The number of thioether (sulfide) groups is 1. The molecule has 0 aliphatic heterocycles. The topological polar surface area (TPSA) is 32.3 Å². The van der Waals surface area contributed by atoms with Crippen molar-refractivity contribution in [1.82, 2.24) is 10.2 Å². The van der Waals surface area contributed by atoms with E-state index in [0.717, 1.165) is 5.75 Å². The van der Waals surface area contributed by atoms with E-state index >= 15 is 0 Å². The third-order valence-corrected chi connectivity index (χ3v) is 4.89. The Balaban J connectivity index is 1.77. The highest BCUT2D eigenvalue weighted by atomic mass is 32.2. The van der Waals surface area contributed by atoms with Crippen LogP contribution in [0.25, 0.3) is 0 Å². The van der Waals surface area contributed by atoms with Gasteiger partial charge >= 0.3 is 0 Å². The Hall–Kier alpha value is -1.78. The van der Waals surface area contributed by atoms with Crippen molar-refractivity contribution in [3.8, 4) is 0 Å². The van der Waals surface area contributed by atoms with E-state index in [2.05, 4.69) is 53.5 Å². The van der Waals surface area contributed by atoms with Crippen molar-refractivity contribution in [2.75, 3.05) is 26.4 Å². The maximum absolute atomic E-state index is 12.1. The van der Waals surface area contributed by atoms with Gasteiger partial charge in [-0.2, -0.15) is 0 Å². The summed E-state index contributed by atoms with van der Waals surface area (Å²) in [6, 6.07) is 18.9. The number of nitrogens with zero attached hydrogens (tertiary/aromatic N) is 1. The molecule has 2 aromatic rings. The molecule has 0 heterocycles. The molecule has 2 aromatic carbocycles. The van der Waals surface area contributed by atoms with Crippen molar-refractivity contribution in [3.05, 3.63) is 71.3 Å². The molecule has 0 spiro atoms. The highest BCUT2D eigenvalue weighted by molar-refractivity contribution is 7.99. The summed E-state index contributed by atoms with van der Waals surface area (Å²) in [4.78, 5) is 14.2. The lowest BCUT2D eigenvalue weighted by atomic mass is 10.1. The summed E-state index contributed by atoms with van der Waals surface area (Å²) in [6.07, 6.45) is 0. The predicted molar refractivity (Wildman–Crippen MR) is 103 cm³/mol. The number of carbonyl (C=O) groups excluding carboxylic acids is 1. The minimum absolute atomic E-state index is 0.0930. The first-order valence-corrected chi connectivity index (χ1v) is 9.33. The number of rotatable bonds is 8. The largest absolute Gasteiger partial charge is 0.353 e. The predicted octanol–water partition coefficient (Wildman–Crippen LogP) is 3.65. The average Bonchev–Trinajstić information content (AvgIpc) is 2.56. The summed E-state index contributed by atoms with van der Waals surface area (Å²) in [6.45, 7) is 2.71. The molecule has 0 aliphatic rings. The number of nitrogens with one attached hydrogen (secondary N) is 1. The maximum atomic E-state index is 12.1. The Morgan fingerprint density at radius 3 is 2.54 bits per heavy atom. The van der Waals surface area contributed by atoms with Gasteiger partial charge in [0.25, 0.3) is 0 Å². The molecule has 0 aliphatic carbocycles. The van der Waals surface area contributed by atoms with E-state index < -0.39 is 0 Å². The van der Waals surface area contributed by atoms with Gasteiger partial charge < -0.3 is 10.2 Å². The fraction of sp³-hybridized carbons (Fsp3) is 0.350. The molecule has 1 atom stereocenters. The van der Waals surface area contributed by atoms with Crippen molar-refractivity contribution in [3.63, 3.8) is 0 Å². The molecule has 1 N–H and O–H groups in total. The molecule has 4 heteroatoms. The number of amides is 1. The summed E-state index contributed by atoms with van der Waals surface area (Å²) < 4.78 is 0. The van der Waals surface area contributed by atoms with E-state index in [4.69, 9.17) is 0 Å². The minimum atomic E-state index is 0.0930. The Morgan fingerprint density at radius 2 is 1.88 bits per heavy atom. The van der Waals surface area contributed by atoms with E-state index in [-0.39, 0.29) is 11.9 Å². The first kappa shape index (κ1) is 18.6. The van der Waals surface area contributed by atoms with Gasteiger partial charge in [-0.05, 0) is 32.1 Å².